The Kier molecular flexibility index (Phi) is 5.13. The van der Waals surface area contributed by atoms with E-state index in [2.05, 4.69) is 26.6 Å². The molecule has 18 heavy (non-hydrogen) atoms. The molecule has 1 aliphatic heterocycles. The Bertz CT molecular complexity index is 450. The predicted octanol–water partition coefficient (Wildman–Crippen LogP) is 2.95. The third-order valence-electron chi connectivity index (χ3n) is 3.09. The number of carbonyl (C=O) groups is 1. The summed E-state index contributed by atoms with van der Waals surface area (Å²) in [5, 5.41) is 5.99. The van der Waals surface area contributed by atoms with Crippen LogP contribution in [0.4, 0.5) is 10.1 Å². The number of anilines is 1. The lowest BCUT2D eigenvalue weighted by Crippen LogP contribution is -2.35. The monoisotopic (exact) mass is 336 g/mol. The van der Waals surface area contributed by atoms with Gasteiger partial charge in [-0.2, -0.15) is 0 Å². The van der Waals surface area contributed by atoms with Crippen molar-refractivity contribution in [2.24, 2.45) is 5.41 Å². The first kappa shape index (κ1) is 15.4. The van der Waals surface area contributed by atoms with E-state index in [0.29, 0.717) is 16.7 Å². The molecule has 2 rings (SSSR count). The lowest BCUT2D eigenvalue weighted by molar-refractivity contribution is -0.123. The molecule has 3 nitrogen and oxygen atoms in total. The van der Waals surface area contributed by atoms with Gasteiger partial charge in [-0.05, 0) is 54.0 Å². The molecule has 2 N–H and O–H groups in total. The summed E-state index contributed by atoms with van der Waals surface area (Å²) in [6, 6.07) is 4.46. The lowest BCUT2D eigenvalue weighted by Gasteiger charge is -2.21. The molecule has 1 aromatic carbocycles. The maximum atomic E-state index is 13.0. The Morgan fingerprint density at radius 1 is 1.56 bits per heavy atom. The number of carbonyl (C=O) groups excluding carboxylic acids is 1. The second kappa shape index (κ2) is 5.99. The molecule has 1 unspecified atom stereocenters. The van der Waals surface area contributed by atoms with E-state index in [9.17, 15) is 9.18 Å². The maximum absolute atomic E-state index is 13.0. The summed E-state index contributed by atoms with van der Waals surface area (Å²) >= 11 is 3.09. The molecule has 0 aliphatic carbocycles. The number of hydrogen-bond donors (Lipinski definition) is 2. The fraction of sp³-hybridized carbons (Fsp3) is 0.417. The Balaban J connectivity index is 0.00000162. The molecule has 1 aliphatic rings. The van der Waals surface area contributed by atoms with Crippen LogP contribution >= 0.6 is 28.3 Å². The van der Waals surface area contributed by atoms with Crippen molar-refractivity contribution in [1.82, 2.24) is 5.32 Å². The van der Waals surface area contributed by atoms with Crippen LogP contribution in [-0.4, -0.2) is 19.0 Å². The summed E-state index contributed by atoms with van der Waals surface area (Å²) in [5.41, 5.74) is 0.234. The highest BCUT2D eigenvalue weighted by Crippen LogP contribution is 2.27. The van der Waals surface area contributed by atoms with Crippen LogP contribution in [0.5, 0.6) is 0 Å². The van der Waals surface area contributed by atoms with Crippen LogP contribution in [0.15, 0.2) is 22.7 Å². The molecule has 1 saturated heterocycles. The molecule has 1 amide bonds. The summed E-state index contributed by atoms with van der Waals surface area (Å²) in [5.74, 6) is -0.363. The zero-order chi connectivity index (χ0) is 12.5. The Morgan fingerprint density at radius 2 is 2.28 bits per heavy atom. The molecule has 0 spiro atoms. The van der Waals surface area contributed by atoms with Gasteiger partial charge < -0.3 is 10.6 Å². The normalized spacial score (nSPS) is 22.4. The van der Waals surface area contributed by atoms with Gasteiger partial charge in [0.15, 0.2) is 0 Å². The first-order valence-electron chi connectivity index (χ1n) is 5.48. The van der Waals surface area contributed by atoms with E-state index in [1.165, 1.54) is 6.07 Å². The van der Waals surface area contributed by atoms with Crippen molar-refractivity contribution in [3.63, 3.8) is 0 Å². The Hall–Kier alpha value is -0.650. The van der Waals surface area contributed by atoms with Gasteiger partial charge in [0.2, 0.25) is 5.91 Å². The van der Waals surface area contributed by atoms with Crippen LogP contribution in [0.25, 0.3) is 0 Å². The highest BCUT2D eigenvalue weighted by atomic mass is 79.9. The molecule has 100 valence electrons. The fourth-order valence-electron chi connectivity index (χ4n) is 1.87. The molecule has 6 heteroatoms. The van der Waals surface area contributed by atoms with Crippen molar-refractivity contribution in [2.75, 3.05) is 18.4 Å². The van der Waals surface area contributed by atoms with Gasteiger partial charge in [0.25, 0.3) is 0 Å². The highest BCUT2D eigenvalue weighted by Gasteiger charge is 2.36. The number of benzene rings is 1. The van der Waals surface area contributed by atoms with Gasteiger partial charge in [0.05, 0.1) is 9.89 Å². The molecule has 0 bridgehead atoms. The van der Waals surface area contributed by atoms with E-state index < -0.39 is 0 Å². The van der Waals surface area contributed by atoms with Crippen molar-refractivity contribution in [2.45, 2.75) is 13.3 Å². The first-order chi connectivity index (χ1) is 8.01. The molecule has 1 atom stereocenters. The third kappa shape index (κ3) is 3.22. The van der Waals surface area contributed by atoms with E-state index in [0.717, 1.165) is 13.0 Å². The Morgan fingerprint density at radius 3 is 2.83 bits per heavy atom. The SMILES string of the molecule is CC1(C(=O)Nc2ccc(F)c(Br)c2)CCNC1.Cl. The topological polar surface area (TPSA) is 41.1 Å². The van der Waals surface area contributed by atoms with Gasteiger partial charge in [0.1, 0.15) is 5.82 Å². The number of rotatable bonds is 2. The fourth-order valence-corrected chi connectivity index (χ4v) is 2.25. The van der Waals surface area contributed by atoms with E-state index in [1.807, 2.05) is 6.92 Å². The number of amides is 1. The van der Waals surface area contributed by atoms with Crippen LogP contribution < -0.4 is 10.6 Å². The second-order valence-electron chi connectivity index (χ2n) is 4.57. The zero-order valence-corrected chi connectivity index (χ0v) is 12.3. The minimum absolute atomic E-state index is 0. The van der Waals surface area contributed by atoms with E-state index in [-0.39, 0.29) is 29.5 Å². The first-order valence-corrected chi connectivity index (χ1v) is 6.28. The molecule has 1 aromatic rings. The van der Waals surface area contributed by atoms with Crippen molar-refractivity contribution < 1.29 is 9.18 Å². The quantitative estimate of drug-likeness (QED) is 0.871. The smallest absolute Gasteiger partial charge is 0.231 e. The number of halogens is 3. The number of hydrogen-bond acceptors (Lipinski definition) is 2. The summed E-state index contributed by atoms with van der Waals surface area (Å²) in [6.07, 6.45) is 0.821. The van der Waals surface area contributed by atoms with Crippen molar-refractivity contribution in [3.8, 4) is 0 Å². The minimum Gasteiger partial charge on any atom is -0.326 e. The molecular formula is C12H15BrClFN2O. The molecular weight excluding hydrogens is 322 g/mol. The molecule has 1 fully saturated rings. The average molecular weight is 338 g/mol. The third-order valence-corrected chi connectivity index (χ3v) is 3.70. The van der Waals surface area contributed by atoms with Gasteiger partial charge >= 0.3 is 0 Å². The van der Waals surface area contributed by atoms with Gasteiger partial charge in [-0.1, -0.05) is 0 Å². The van der Waals surface area contributed by atoms with Crippen LogP contribution in [0, 0.1) is 11.2 Å². The van der Waals surface area contributed by atoms with Crippen LogP contribution in [-0.2, 0) is 4.79 Å². The van der Waals surface area contributed by atoms with Crippen LogP contribution in [0.2, 0.25) is 0 Å². The summed E-state index contributed by atoms with van der Waals surface area (Å²) < 4.78 is 13.4. The van der Waals surface area contributed by atoms with E-state index in [4.69, 9.17) is 0 Å². The van der Waals surface area contributed by atoms with Crippen LogP contribution in [0.1, 0.15) is 13.3 Å². The predicted molar refractivity (Wildman–Crippen MR) is 75.6 cm³/mol. The Labute approximate surface area is 120 Å². The van der Waals surface area contributed by atoms with Crippen molar-refractivity contribution in [3.05, 3.63) is 28.5 Å². The van der Waals surface area contributed by atoms with Gasteiger partial charge in [-0.3, -0.25) is 4.79 Å². The van der Waals surface area contributed by atoms with Gasteiger partial charge in [-0.15, -0.1) is 12.4 Å². The van der Waals surface area contributed by atoms with Crippen molar-refractivity contribution >= 4 is 39.9 Å². The molecule has 0 saturated carbocycles. The van der Waals surface area contributed by atoms with Crippen LogP contribution in [0.3, 0.4) is 0 Å². The summed E-state index contributed by atoms with van der Waals surface area (Å²) in [4.78, 5) is 12.1. The summed E-state index contributed by atoms with van der Waals surface area (Å²) in [6.45, 7) is 3.47. The standard InChI is InChI=1S/C12H14BrFN2O.ClH/c1-12(4-5-15-7-12)11(17)16-8-2-3-10(14)9(13)6-8;/h2-3,6,15H,4-5,7H2,1H3,(H,16,17);1H. The van der Waals surface area contributed by atoms with Crippen molar-refractivity contribution in [1.29, 1.82) is 0 Å². The zero-order valence-electron chi connectivity index (χ0n) is 9.93. The average Bonchev–Trinajstić information content (AvgIpc) is 2.72. The van der Waals surface area contributed by atoms with E-state index >= 15 is 0 Å². The van der Waals surface area contributed by atoms with E-state index in [1.54, 1.807) is 12.1 Å². The maximum Gasteiger partial charge on any atom is 0.231 e. The second-order valence-corrected chi connectivity index (χ2v) is 5.42. The molecule has 0 radical (unpaired) electrons. The lowest BCUT2D eigenvalue weighted by atomic mass is 9.89. The molecule has 1 heterocycles. The van der Waals surface area contributed by atoms with Gasteiger partial charge in [0, 0.05) is 12.2 Å². The van der Waals surface area contributed by atoms with Gasteiger partial charge in [-0.25, -0.2) is 4.39 Å². The minimum atomic E-state index is -0.374. The molecule has 0 aromatic heterocycles. The summed E-state index contributed by atoms with van der Waals surface area (Å²) in [7, 11) is 0. The largest absolute Gasteiger partial charge is 0.326 e. The highest BCUT2D eigenvalue weighted by molar-refractivity contribution is 9.10. The number of nitrogens with one attached hydrogen (secondary N) is 2.